The van der Waals surface area contributed by atoms with Crippen LogP contribution in [0, 0.1) is 11.6 Å². The first-order valence-corrected chi connectivity index (χ1v) is 6.73. The van der Waals surface area contributed by atoms with Gasteiger partial charge in [-0.1, -0.05) is 12.1 Å². The molecule has 1 N–H and O–H groups in total. The van der Waals surface area contributed by atoms with Gasteiger partial charge in [0.05, 0.1) is 17.2 Å². The molecule has 0 unspecified atom stereocenters. The lowest BCUT2D eigenvalue weighted by Crippen LogP contribution is -2.27. The number of aromatic nitrogens is 2. The Morgan fingerprint density at radius 3 is 2.57 bits per heavy atom. The third kappa shape index (κ3) is 3.23. The van der Waals surface area contributed by atoms with Crippen molar-refractivity contribution in [1.29, 1.82) is 0 Å². The van der Waals surface area contributed by atoms with Gasteiger partial charge in [0.1, 0.15) is 18.2 Å². The Balaban J connectivity index is 1.83. The summed E-state index contributed by atoms with van der Waals surface area (Å²) in [5, 5.41) is 2.73. The minimum Gasteiger partial charge on any atom is -0.324 e. The lowest BCUT2D eigenvalue weighted by atomic mass is 10.2. The maximum Gasteiger partial charge on any atom is 0.261 e. The molecule has 0 aliphatic carbocycles. The van der Waals surface area contributed by atoms with Crippen LogP contribution < -0.4 is 10.9 Å². The van der Waals surface area contributed by atoms with Crippen molar-refractivity contribution in [2.45, 2.75) is 6.54 Å². The molecule has 3 rings (SSSR count). The third-order valence-electron chi connectivity index (χ3n) is 3.19. The van der Waals surface area contributed by atoms with Gasteiger partial charge in [-0.3, -0.25) is 14.2 Å². The fourth-order valence-electron chi connectivity index (χ4n) is 2.20. The summed E-state index contributed by atoms with van der Waals surface area (Å²) in [5.74, 6) is -2.19. The van der Waals surface area contributed by atoms with Gasteiger partial charge in [-0.05, 0) is 24.3 Å². The summed E-state index contributed by atoms with van der Waals surface area (Å²) in [6, 6.07) is 9.44. The van der Waals surface area contributed by atoms with Gasteiger partial charge in [-0.2, -0.15) is 0 Å². The van der Waals surface area contributed by atoms with E-state index in [1.807, 2.05) is 0 Å². The molecule has 1 heterocycles. The second kappa shape index (κ2) is 5.96. The molecule has 0 fully saturated rings. The van der Waals surface area contributed by atoms with Crippen LogP contribution in [0.15, 0.2) is 53.6 Å². The van der Waals surface area contributed by atoms with Gasteiger partial charge in [-0.25, -0.2) is 13.8 Å². The standard InChI is InChI=1S/C16H11F2N3O2/c17-10-5-11(18)7-12(6-10)20-15(22)8-21-9-19-14-4-2-1-3-13(14)16(21)23/h1-7,9H,8H2,(H,20,22). The Morgan fingerprint density at radius 2 is 1.83 bits per heavy atom. The van der Waals surface area contributed by atoms with Gasteiger partial charge in [-0.15, -0.1) is 0 Å². The van der Waals surface area contributed by atoms with Gasteiger partial charge in [0.15, 0.2) is 0 Å². The second-order valence-electron chi connectivity index (χ2n) is 4.90. The Bertz CT molecular complexity index is 933. The number of fused-ring (bicyclic) bond motifs is 1. The number of anilines is 1. The summed E-state index contributed by atoms with van der Waals surface area (Å²) in [6.45, 7) is -0.311. The largest absolute Gasteiger partial charge is 0.324 e. The molecule has 0 spiro atoms. The van der Waals surface area contributed by atoms with Crippen molar-refractivity contribution in [2.24, 2.45) is 0 Å². The fourth-order valence-corrected chi connectivity index (χ4v) is 2.20. The molecule has 7 heteroatoms. The molecule has 1 amide bonds. The molecule has 0 saturated carbocycles. The quantitative estimate of drug-likeness (QED) is 0.807. The number of para-hydroxylation sites is 1. The highest BCUT2D eigenvalue weighted by molar-refractivity contribution is 5.90. The summed E-state index contributed by atoms with van der Waals surface area (Å²) in [4.78, 5) is 28.3. The molecule has 0 aliphatic rings. The highest BCUT2D eigenvalue weighted by Crippen LogP contribution is 2.13. The van der Waals surface area contributed by atoms with Crippen LogP contribution in [0.1, 0.15) is 0 Å². The number of carbonyl (C=O) groups is 1. The predicted octanol–water partition coefficient (Wildman–Crippen LogP) is 2.31. The van der Waals surface area contributed by atoms with Crippen molar-refractivity contribution in [3.05, 3.63) is 70.8 Å². The number of nitrogens with zero attached hydrogens (tertiary/aromatic N) is 2. The zero-order valence-electron chi connectivity index (χ0n) is 11.8. The Kier molecular flexibility index (Phi) is 3.84. The molecule has 23 heavy (non-hydrogen) atoms. The van der Waals surface area contributed by atoms with Crippen LogP contribution in [0.4, 0.5) is 14.5 Å². The Labute approximate surface area is 129 Å². The van der Waals surface area contributed by atoms with Crippen LogP contribution in [0.25, 0.3) is 10.9 Å². The van der Waals surface area contributed by atoms with Crippen molar-refractivity contribution < 1.29 is 13.6 Å². The molecule has 2 aromatic carbocycles. The lowest BCUT2D eigenvalue weighted by molar-refractivity contribution is -0.116. The van der Waals surface area contributed by atoms with Crippen LogP contribution in [-0.2, 0) is 11.3 Å². The minimum absolute atomic E-state index is 0.0192. The van der Waals surface area contributed by atoms with Crippen molar-refractivity contribution in [1.82, 2.24) is 9.55 Å². The van der Waals surface area contributed by atoms with Gasteiger partial charge in [0.25, 0.3) is 5.56 Å². The first kappa shape index (κ1) is 14.8. The molecule has 5 nitrogen and oxygen atoms in total. The summed E-state index contributed by atoms with van der Waals surface area (Å²) in [5.41, 5.74) is 0.145. The SMILES string of the molecule is O=C(Cn1cnc2ccccc2c1=O)Nc1cc(F)cc(F)c1. The molecular formula is C16H11F2N3O2. The van der Waals surface area contributed by atoms with Crippen LogP contribution >= 0.6 is 0 Å². The number of hydrogen-bond donors (Lipinski definition) is 1. The van der Waals surface area contributed by atoms with Crippen LogP contribution in [0.5, 0.6) is 0 Å². The zero-order valence-corrected chi connectivity index (χ0v) is 11.8. The molecule has 0 bridgehead atoms. The van der Waals surface area contributed by atoms with E-state index in [2.05, 4.69) is 10.3 Å². The van der Waals surface area contributed by atoms with E-state index in [1.54, 1.807) is 24.3 Å². The molecule has 0 saturated heterocycles. The number of nitrogens with one attached hydrogen (secondary N) is 1. The smallest absolute Gasteiger partial charge is 0.261 e. The molecule has 0 radical (unpaired) electrons. The van der Waals surface area contributed by atoms with E-state index >= 15 is 0 Å². The molecule has 116 valence electrons. The number of halogens is 2. The molecule has 0 aliphatic heterocycles. The van der Waals surface area contributed by atoms with Crippen molar-refractivity contribution in [3.8, 4) is 0 Å². The van der Waals surface area contributed by atoms with Crippen LogP contribution in [0.3, 0.4) is 0 Å². The van der Waals surface area contributed by atoms with E-state index < -0.39 is 17.5 Å². The number of rotatable bonds is 3. The van der Waals surface area contributed by atoms with Crippen molar-refractivity contribution in [2.75, 3.05) is 5.32 Å². The number of carbonyl (C=O) groups excluding carboxylic acids is 1. The number of benzene rings is 2. The van der Waals surface area contributed by atoms with Gasteiger partial charge in [0, 0.05) is 11.8 Å². The van der Waals surface area contributed by atoms with E-state index in [-0.39, 0.29) is 17.8 Å². The maximum atomic E-state index is 13.1. The Hall–Kier alpha value is -3.09. The summed E-state index contributed by atoms with van der Waals surface area (Å²) < 4.78 is 27.3. The van der Waals surface area contributed by atoms with E-state index in [0.29, 0.717) is 17.0 Å². The predicted molar refractivity (Wildman–Crippen MR) is 81.0 cm³/mol. The minimum atomic E-state index is -0.801. The van der Waals surface area contributed by atoms with Gasteiger partial charge in [0.2, 0.25) is 5.91 Å². The van der Waals surface area contributed by atoms with Gasteiger partial charge >= 0.3 is 0 Å². The first-order valence-electron chi connectivity index (χ1n) is 6.73. The third-order valence-corrected chi connectivity index (χ3v) is 3.19. The van der Waals surface area contributed by atoms with Crippen LogP contribution in [0.2, 0.25) is 0 Å². The van der Waals surface area contributed by atoms with Crippen LogP contribution in [-0.4, -0.2) is 15.5 Å². The van der Waals surface area contributed by atoms with E-state index in [4.69, 9.17) is 0 Å². The maximum absolute atomic E-state index is 13.1. The molecule has 1 aromatic heterocycles. The highest BCUT2D eigenvalue weighted by atomic mass is 19.1. The van der Waals surface area contributed by atoms with E-state index in [1.165, 1.54) is 6.33 Å². The normalized spacial score (nSPS) is 10.7. The average molecular weight is 315 g/mol. The monoisotopic (exact) mass is 315 g/mol. The zero-order chi connectivity index (χ0) is 16.4. The number of amides is 1. The fraction of sp³-hybridized carbons (Fsp3) is 0.0625. The van der Waals surface area contributed by atoms with Gasteiger partial charge < -0.3 is 5.32 Å². The second-order valence-corrected chi connectivity index (χ2v) is 4.90. The summed E-state index contributed by atoms with van der Waals surface area (Å²) in [6.07, 6.45) is 1.26. The van der Waals surface area contributed by atoms with Crippen molar-refractivity contribution >= 4 is 22.5 Å². The summed E-state index contributed by atoms with van der Waals surface area (Å²) >= 11 is 0. The van der Waals surface area contributed by atoms with Crippen molar-refractivity contribution in [3.63, 3.8) is 0 Å². The first-order chi connectivity index (χ1) is 11.0. The lowest BCUT2D eigenvalue weighted by Gasteiger charge is -2.08. The number of hydrogen-bond acceptors (Lipinski definition) is 3. The molecular weight excluding hydrogens is 304 g/mol. The topological polar surface area (TPSA) is 64.0 Å². The Morgan fingerprint density at radius 1 is 1.13 bits per heavy atom. The molecule has 3 aromatic rings. The molecule has 0 atom stereocenters. The summed E-state index contributed by atoms with van der Waals surface area (Å²) in [7, 11) is 0. The van der Waals surface area contributed by atoms with E-state index in [0.717, 1.165) is 16.7 Å². The van der Waals surface area contributed by atoms with E-state index in [9.17, 15) is 18.4 Å². The highest BCUT2D eigenvalue weighted by Gasteiger charge is 2.09. The average Bonchev–Trinajstić information content (AvgIpc) is 2.49.